The summed E-state index contributed by atoms with van der Waals surface area (Å²) in [5.41, 5.74) is 2.11. The van der Waals surface area contributed by atoms with Crippen LogP contribution in [0.1, 0.15) is 35.3 Å². The van der Waals surface area contributed by atoms with Crippen molar-refractivity contribution in [1.82, 2.24) is 15.6 Å². The zero-order valence-electron chi connectivity index (χ0n) is 20.8. The van der Waals surface area contributed by atoms with E-state index in [-0.39, 0.29) is 22.5 Å². The standard InChI is InChI=1S/C21H29N5O3S.C2HF3O2/c1-14(2)24-21(27)18-12-17(13-23-20(18)26-9-7-22-8-10-26)25-30(28,29)19-11-15(3)5-6-16(19)4;3-2(4,5)1(6)7/h5-6,11-14,22,25H,7-10H2,1-4H3,(H,24,27);(H,6,7). The van der Waals surface area contributed by atoms with Crippen LogP contribution >= 0.6 is 0 Å². The van der Waals surface area contributed by atoms with Crippen molar-refractivity contribution in [2.45, 2.75) is 44.8 Å². The summed E-state index contributed by atoms with van der Waals surface area (Å²) in [5, 5.41) is 13.3. The summed E-state index contributed by atoms with van der Waals surface area (Å²) in [6.45, 7) is 10.4. The quantitative estimate of drug-likeness (QED) is 0.434. The predicted molar refractivity (Wildman–Crippen MR) is 132 cm³/mol. The van der Waals surface area contributed by atoms with Crippen LogP contribution in [0.3, 0.4) is 0 Å². The van der Waals surface area contributed by atoms with Gasteiger partial charge in [-0.2, -0.15) is 13.2 Å². The Morgan fingerprint density at radius 1 is 1.14 bits per heavy atom. The van der Waals surface area contributed by atoms with Gasteiger partial charge in [-0.15, -0.1) is 0 Å². The van der Waals surface area contributed by atoms with Gasteiger partial charge in [-0.3, -0.25) is 9.52 Å². The summed E-state index contributed by atoms with van der Waals surface area (Å²) < 4.78 is 60.2. The highest BCUT2D eigenvalue weighted by Crippen LogP contribution is 2.25. The van der Waals surface area contributed by atoms with E-state index in [0.29, 0.717) is 16.9 Å². The maximum atomic E-state index is 13.0. The number of aliphatic carboxylic acids is 1. The Kier molecular flexibility index (Phi) is 9.87. The van der Waals surface area contributed by atoms with Gasteiger partial charge in [0, 0.05) is 32.2 Å². The van der Waals surface area contributed by atoms with Gasteiger partial charge < -0.3 is 20.6 Å². The molecule has 2 heterocycles. The smallest absolute Gasteiger partial charge is 0.475 e. The van der Waals surface area contributed by atoms with Gasteiger partial charge in [0.05, 0.1) is 22.3 Å². The number of nitrogens with one attached hydrogen (secondary N) is 3. The minimum absolute atomic E-state index is 0.0522. The number of hydrogen-bond donors (Lipinski definition) is 4. The zero-order chi connectivity index (χ0) is 28.0. The highest BCUT2D eigenvalue weighted by Gasteiger charge is 2.38. The number of carboxylic acids is 1. The molecule has 2 aromatic rings. The molecule has 1 aliphatic heterocycles. The molecule has 204 valence electrons. The van der Waals surface area contributed by atoms with Crippen LogP contribution in [0.25, 0.3) is 0 Å². The lowest BCUT2D eigenvalue weighted by atomic mass is 10.2. The van der Waals surface area contributed by atoms with E-state index in [4.69, 9.17) is 9.90 Å². The van der Waals surface area contributed by atoms with E-state index in [1.807, 2.05) is 31.7 Å². The SMILES string of the molecule is Cc1ccc(C)c(S(=O)(=O)Nc2cnc(N3CCNCC3)c(C(=O)NC(C)C)c2)c1.O=C(O)C(F)(F)F. The number of carbonyl (C=O) groups is 2. The van der Waals surface area contributed by atoms with E-state index in [1.54, 1.807) is 25.1 Å². The predicted octanol–water partition coefficient (Wildman–Crippen LogP) is 2.68. The molecule has 1 aromatic carbocycles. The minimum atomic E-state index is -5.08. The lowest BCUT2D eigenvalue weighted by molar-refractivity contribution is -0.192. The van der Waals surface area contributed by atoms with Crippen molar-refractivity contribution in [3.63, 3.8) is 0 Å². The molecule has 1 amide bonds. The number of carbonyl (C=O) groups excluding carboxylic acids is 1. The molecule has 4 N–H and O–H groups in total. The first kappa shape index (κ1) is 29.8. The average molecular weight is 546 g/mol. The number of aromatic nitrogens is 1. The number of pyridine rings is 1. The van der Waals surface area contributed by atoms with Gasteiger partial charge in [0.2, 0.25) is 0 Å². The van der Waals surface area contributed by atoms with E-state index in [2.05, 4.69) is 20.3 Å². The molecule has 0 atom stereocenters. The number of anilines is 2. The number of sulfonamides is 1. The number of piperazine rings is 1. The maximum absolute atomic E-state index is 13.0. The van der Waals surface area contributed by atoms with Crippen molar-refractivity contribution in [2.24, 2.45) is 0 Å². The number of rotatable bonds is 6. The fourth-order valence-electron chi connectivity index (χ4n) is 3.36. The van der Waals surface area contributed by atoms with Crippen LogP contribution in [0.4, 0.5) is 24.7 Å². The molecule has 0 aliphatic carbocycles. The Labute approximate surface area is 213 Å². The Bertz CT molecular complexity index is 1230. The van der Waals surface area contributed by atoms with Crippen molar-refractivity contribution in [1.29, 1.82) is 0 Å². The van der Waals surface area contributed by atoms with Gasteiger partial charge in [-0.05, 0) is 51.0 Å². The monoisotopic (exact) mass is 545 g/mol. The number of nitrogens with zero attached hydrogens (tertiary/aromatic N) is 2. The third kappa shape index (κ3) is 8.60. The largest absolute Gasteiger partial charge is 0.490 e. The van der Waals surface area contributed by atoms with Crippen LogP contribution in [-0.4, -0.2) is 68.8 Å². The Balaban J connectivity index is 0.000000604. The molecule has 1 aromatic heterocycles. The van der Waals surface area contributed by atoms with Crippen LogP contribution < -0.4 is 20.3 Å². The van der Waals surface area contributed by atoms with Gasteiger partial charge in [0.1, 0.15) is 5.82 Å². The summed E-state index contributed by atoms with van der Waals surface area (Å²) in [7, 11) is -3.82. The number of hydrogen-bond acceptors (Lipinski definition) is 7. The lowest BCUT2D eigenvalue weighted by Crippen LogP contribution is -2.45. The molecule has 1 fully saturated rings. The molecule has 37 heavy (non-hydrogen) atoms. The van der Waals surface area contributed by atoms with Crippen molar-refractivity contribution in [2.75, 3.05) is 35.8 Å². The fourth-order valence-corrected chi connectivity index (χ4v) is 4.72. The third-order valence-corrected chi connectivity index (χ3v) is 6.60. The zero-order valence-corrected chi connectivity index (χ0v) is 21.6. The summed E-state index contributed by atoms with van der Waals surface area (Å²) in [6, 6.07) is 6.78. The van der Waals surface area contributed by atoms with Crippen molar-refractivity contribution in [3.8, 4) is 0 Å². The van der Waals surface area contributed by atoms with Crippen LogP contribution in [0.2, 0.25) is 0 Å². The summed E-state index contributed by atoms with van der Waals surface area (Å²) in [5.74, 6) is -2.48. The highest BCUT2D eigenvalue weighted by molar-refractivity contribution is 7.92. The van der Waals surface area contributed by atoms with Crippen LogP contribution in [0.15, 0.2) is 35.4 Å². The molecular weight excluding hydrogens is 515 g/mol. The van der Waals surface area contributed by atoms with Crippen LogP contribution in [-0.2, 0) is 14.8 Å². The van der Waals surface area contributed by atoms with E-state index >= 15 is 0 Å². The van der Waals surface area contributed by atoms with Crippen molar-refractivity contribution >= 4 is 33.4 Å². The molecular formula is C23H30F3N5O5S. The molecule has 0 radical (unpaired) electrons. The number of carboxylic acid groups (broad SMARTS) is 1. The average Bonchev–Trinajstić information content (AvgIpc) is 2.80. The highest BCUT2D eigenvalue weighted by atomic mass is 32.2. The summed E-state index contributed by atoms with van der Waals surface area (Å²) >= 11 is 0. The second kappa shape index (κ2) is 12.2. The third-order valence-electron chi connectivity index (χ3n) is 5.08. The number of benzene rings is 1. The Morgan fingerprint density at radius 3 is 2.27 bits per heavy atom. The van der Waals surface area contributed by atoms with Gasteiger partial charge in [0.15, 0.2) is 0 Å². The Hall–Kier alpha value is -3.39. The molecule has 0 spiro atoms. The molecule has 10 nitrogen and oxygen atoms in total. The fraction of sp³-hybridized carbons (Fsp3) is 0.435. The van der Waals surface area contributed by atoms with Gasteiger partial charge in [0.25, 0.3) is 15.9 Å². The summed E-state index contributed by atoms with van der Waals surface area (Å²) in [6.07, 6.45) is -3.62. The van der Waals surface area contributed by atoms with Crippen LogP contribution in [0.5, 0.6) is 0 Å². The second-order valence-electron chi connectivity index (χ2n) is 8.64. The number of aryl methyl sites for hydroxylation is 2. The first-order valence-electron chi connectivity index (χ1n) is 11.3. The molecule has 0 unspecified atom stereocenters. The first-order chi connectivity index (χ1) is 17.1. The van der Waals surface area contributed by atoms with Gasteiger partial charge in [-0.25, -0.2) is 18.2 Å². The molecule has 3 rings (SSSR count). The van der Waals surface area contributed by atoms with Crippen molar-refractivity contribution in [3.05, 3.63) is 47.2 Å². The minimum Gasteiger partial charge on any atom is -0.475 e. The molecule has 0 bridgehead atoms. The van der Waals surface area contributed by atoms with E-state index in [9.17, 15) is 26.4 Å². The van der Waals surface area contributed by atoms with E-state index in [0.717, 1.165) is 31.7 Å². The first-order valence-corrected chi connectivity index (χ1v) is 12.8. The number of amides is 1. The van der Waals surface area contributed by atoms with Crippen LogP contribution in [0, 0.1) is 13.8 Å². The molecule has 14 heteroatoms. The maximum Gasteiger partial charge on any atom is 0.490 e. The van der Waals surface area contributed by atoms with Gasteiger partial charge in [-0.1, -0.05) is 12.1 Å². The topological polar surface area (TPSA) is 141 Å². The Morgan fingerprint density at radius 2 is 1.73 bits per heavy atom. The normalized spacial score (nSPS) is 14.0. The number of alkyl halides is 3. The van der Waals surface area contributed by atoms with Crippen molar-refractivity contribution < 1.29 is 36.3 Å². The number of halogens is 3. The molecule has 1 saturated heterocycles. The van der Waals surface area contributed by atoms with E-state index in [1.165, 1.54) is 6.20 Å². The molecule has 1 aliphatic rings. The van der Waals surface area contributed by atoms with Gasteiger partial charge >= 0.3 is 12.1 Å². The molecule has 0 saturated carbocycles. The summed E-state index contributed by atoms with van der Waals surface area (Å²) in [4.78, 5) is 28.4. The second-order valence-corrected chi connectivity index (χ2v) is 10.3. The lowest BCUT2D eigenvalue weighted by Gasteiger charge is -2.30. The van der Waals surface area contributed by atoms with E-state index < -0.39 is 22.2 Å².